The van der Waals surface area contributed by atoms with Crippen molar-refractivity contribution < 1.29 is 0 Å². The van der Waals surface area contributed by atoms with Gasteiger partial charge in [-0.15, -0.1) is 0 Å². The van der Waals surface area contributed by atoms with E-state index in [4.69, 9.17) is 0 Å². The van der Waals surface area contributed by atoms with E-state index in [1.54, 1.807) is 0 Å². The lowest BCUT2D eigenvalue weighted by atomic mass is 10.0. The van der Waals surface area contributed by atoms with E-state index in [0.29, 0.717) is 5.56 Å². The van der Waals surface area contributed by atoms with Crippen LogP contribution in [0.1, 0.15) is 5.56 Å². The third kappa shape index (κ3) is 4.39. The first-order valence-electron chi connectivity index (χ1n) is 15.6. The Hall–Kier alpha value is -5.95. The Morgan fingerprint density at radius 3 is 1.39 bits per heavy atom. The summed E-state index contributed by atoms with van der Waals surface area (Å²) in [6.07, 6.45) is 0. The molecule has 0 saturated heterocycles. The van der Waals surface area contributed by atoms with E-state index in [9.17, 15) is 5.26 Å². The van der Waals surface area contributed by atoms with Crippen molar-refractivity contribution in [3.8, 4) is 22.9 Å². The van der Waals surface area contributed by atoms with Gasteiger partial charge in [0.25, 0.3) is 0 Å². The predicted octanol–water partition coefficient (Wildman–Crippen LogP) is 7.70. The van der Waals surface area contributed by atoms with Crippen molar-refractivity contribution in [3.05, 3.63) is 188 Å². The largest absolute Gasteiger partial charge is 0.308 e. The zero-order valence-corrected chi connectivity index (χ0v) is 26.2. The van der Waals surface area contributed by atoms with Gasteiger partial charge in [0.15, 0.2) is 8.07 Å². The summed E-state index contributed by atoms with van der Waals surface area (Å²) in [5, 5.41) is 18.2. The number of rotatable bonds is 6. The Morgan fingerprint density at radius 1 is 0.413 bits per heavy atom. The van der Waals surface area contributed by atoms with Gasteiger partial charge in [0.1, 0.15) is 6.07 Å². The summed E-state index contributed by atoms with van der Waals surface area (Å²) >= 11 is 0. The molecule has 0 aliphatic rings. The SMILES string of the molecule is N#Cc1cc(-c2cccc([Si](c3ccccc3)(c3ccccc3)c3ccccc3)c2)ccc1-n1c2ccccc2c2ccccc21. The summed E-state index contributed by atoms with van der Waals surface area (Å²) in [5.74, 6) is 0. The van der Waals surface area contributed by atoms with Crippen LogP contribution in [0.2, 0.25) is 0 Å². The molecule has 0 fully saturated rings. The van der Waals surface area contributed by atoms with Crippen molar-refractivity contribution in [3.63, 3.8) is 0 Å². The maximum Gasteiger partial charge on any atom is 0.179 e. The molecule has 1 heterocycles. The van der Waals surface area contributed by atoms with Crippen LogP contribution in [0.5, 0.6) is 0 Å². The highest BCUT2D eigenvalue weighted by Gasteiger charge is 2.41. The molecule has 7 aromatic carbocycles. The number of para-hydroxylation sites is 2. The third-order valence-electron chi connectivity index (χ3n) is 9.19. The highest BCUT2D eigenvalue weighted by molar-refractivity contribution is 7.19. The molecule has 0 bridgehead atoms. The number of hydrogen-bond acceptors (Lipinski definition) is 1. The summed E-state index contributed by atoms with van der Waals surface area (Å²) in [6, 6.07) is 67.6. The summed E-state index contributed by atoms with van der Waals surface area (Å²) < 4.78 is 2.22. The minimum Gasteiger partial charge on any atom is -0.308 e. The zero-order chi connectivity index (χ0) is 30.9. The first kappa shape index (κ1) is 27.6. The van der Waals surface area contributed by atoms with Crippen molar-refractivity contribution >= 4 is 50.6 Å². The Kier molecular flexibility index (Phi) is 6.91. The van der Waals surface area contributed by atoms with Gasteiger partial charge in [0.05, 0.1) is 22.3 Å². The lowest BCUT2D eigenvalue weighted by molar-refractivity contribution is 1.17. The standard InChI is InChI=1S/C43H30N2Si/c44-31-34-29-33(27-28-41(34)45-42-25-12-10-23-39(42)40-24-11-13-26-43(40)45)32-15-14-22-38(30-32)46(35-16-4-1-5-17-35,36-18-6-2-7-19-36)37-20-8-3-9-21-37/h1-30H. The van der Waals surface area contributed by atoms with E-state index in [0.717, 1.165) is 27.8 Å². The van der Waals surface area contributed by atoms with Crippen molar-refractivity contribution in [2.24, 2.45) is 0 Å². The molecular formula is C43H30N2Si. The van der Waals surface area contributed by atoms with E-state index in [2.05, 4.69) is 193 Å². The number of aromatic nitrogens is 1. The monoisotopic (exact) mass is 602 g/mol. The second kappa shape index (κ2) is 11.5. The fourth-order valence-electron chi connectivity index (χ4n) is 7.18. The maximum absolute atomic E-state index is 10.5. The molecule has 0 spiro atoms. The molecule has 0 saturated carbocycles. The molecule has 8 rings (SSSR count). The van der Waals surface area contributed by atoms with Crippen molar-refractivity contribution in [1.82, 2.24) is 4.57 Å². The maximum atomic E-state index is 10.5. The van der Waals surface area contributed by atoms with Crippen LogP contribution in [0.4, 0.5) is 0 Å². The third-order valence-corrected chi connectivity index (χ3v) is 14.0. The van der Waals surface area contributed by atoms with E-state index in [-0.39, 0.29) is 0 Å². The highest BCUT2D eigenvalue weighted by Crippen LogP contribution is 2.34. The topological polar surface area (TPSA) is 28.7 Å². The van der Waals surface area contributed by atoms with E-state index < -0.39 is 8.07 Å². The average molecular weight is 603 g/mol. The molecule has 0 atom stereocenters. The molecule has 0 aliphatic heterocycles. The van der Waals surface area contributed by atoms with Gasteiger partial charge in [-0.05, 0) is 56.1 Å². The number of hydrogen-bond donors (Lipinski definition) is 0. The van der Waals surface area contributed by atoms with Gasteiger partial charge in [-0.2, -0.15) is 5.26 Å². The molecule has 0 amide bonds. The minimum absolute atomic E-state index is 0.645. The van der Waals surface area contributed by atoms with Crippen LogP contribution >= 0.6 is 0 Å². The first-order valence-corrected chi connectivity index (χ1v) is 17.6. The normalized spacial score (nSPS) is 11.5. The van der Waals surface area contributed by atoms with Gasteiger partial charge in [-0.1, -0.05) is 158 Å². The van der Waals surface area contributed by atoms with Crippen molar-refractivity contribution in [2.45, 2.75) is 0 Å². The Balaban J connectivity index is 1.33. The molecule has 3 heteroatoms. The Morgan fingerprint density at radius 2 is 0.870 bits per heavy atom. The van der Waals surface area contributed by atoms with Crippen LogP contribution in [0.15, 0.2) is 182 Å². The summed E-state index contributed by atoms with van der Waals surface area (Å²) in [4.78, 5) is 0. The summed E-state index contributed by atoms with van der Waals surface area (Å²) in [7, 11) is -2.67. The molecule has 0 unspecified atom stereocenters. The fourth-order valence-corrected chi connectivity index (χ4v) is 12.0. The van der Waals surface area contributed by atoms with Gasteiger partial charge in [0, 0.05) is 10.8 Å². The minimum atomic E-state index is -2.67. The molecule has 0 N–H and O–H groups in total. The molecule has 0 aliphatic carbocycles. The zero-order valence-electron chi connectivity index (χ0n) is 25.2. The average Bonchev–Trinajstić information content (AvgIpc) is 3.47. The Labute approximate surface area is 270 Å². The van der Waals surface area contributed by atoms with E-state index in [1.807, 2.05) is 0 Å². The predicted molar refractivity (Wildman–Crippen MR) is 195 cm³/mol. The molecule has 46 heavy (non-hydrogen) atoms. The summed E-state index contributed by atoms with van der Waals surface area (Å²) in [6.45, 7) is 0. The second-order valence-electron chi connectivity index (χ2n) is 11.6. The van der Waals surface area contributed by atoms with Crippen LogP contribution in [0.25, 0.3) is 38.6 Å². The quantitative estimate of drug-likeness (QED) is 0.142. The number of nitrogens with zero attached hydrogens (tertiary/aromatic N) is 2. The van der Waals surface area contributed by atoms with Gasteiger partial charge in [-0.3, -0.25) is 0 Å². The van der Waals surface area contributed by atoms with Crippen LogP contribution in [-0.4, -0.2) is 12.6 Å². The van der Waals surface area contributed by atoms with Crippen LogP contribution in [0.3, 0.4) is 0 Å². The van der Waals surface area contributed by atoms with Crippen molar-refractivity contribution in [2.75, 3.05) is 0 Å². The van der Waals surface area contributed by atoms with Crippen molar-refractivity contribution in [1.29, 1.82) is 5.26 Å². The highest BCUT2D eigenvalue weighted by atomic mass is 28.3. The van der Waals surface area contributed by atoms with Gasteiger partial charge >= 0.3 is 0 Å². The number of benzene rings is 7. The molecule has 1 aromatic heterocycles. The van der Waals surface area contributed by atoms with Crippen LogP contribution in [0, 0.1) is 11.3 Å². The fraction of sp³-hybridized carbons (Fsp3) is 0. The van der Waals surface area contributed by atoms with Gasteiger partial charge < -0.3 is 4.57 Å². The number of fused-ring (bicyclic) bond motifs is 3. The molecule has 2 nitrogen and oxygen atoms in total. The lowest BCUT2D eigenvalue weighted by Gasteiger charge is -2.34. The number of nitriles is 1. The molecule has 216 valence electrons. The van der Waals surface area contributed by atoms with E-state index in [1.165, 1.54) is 31.5 Å². The van der Waals surface area contributed by atoms with Crippen LogP contribution in [-0.2, 0) is 0 Å². The lowest BCUT2D eigenvalue weighted by Crippen LogP contribution is -2.74. The van der Waals surface area contributed by atoms with Gasteiger partial charge in [-0.25, -0.2) is 0 Å². The smallest absolute Gasteiger partial charge is 0.179 e. The van der Waals surface area contributed by atoms with Crippen LogP contribution < -0.4 is 20.7 Å². The molecular weight excluding hydrogens is 573 g/mol. The summed E-state index contributed by atoms with van der Waals surface area (Å²) in [5.41, 5.74) is 5.86. The molecule has 8 aromatic rings. The van der Waals surface area contributed by atoms with Gasteiger partial charge in [0.2, 0.25) is 0 Å². The second-order valence-corrected chi connectivity index (χ2v) is 15.5. The Bertz CT molecular complexity index is 2220. The first-order chi connectivity index (χ1) is 22.8. The molecule has 0 radical (unpaired) electrons. The van der Waals surface area contributed by atoms with E-state index >= 15 is 0 Å².